The number of aliphatic hydroxyl groups is 1. The molecule has 170 valence electrons. The lowest BCUT2D eigenvalue weighted by atomic mass is 9.90. The molecule has 31 heavy (non-hydrogen) atoms. The second-order valence-electron chi connectivity index (χ2n) is 10.1. The molecule has 1 aliphatic carbocycles. The SMILES string of the molecule is OC1CNC(c2nc3cc(F)ccc3n2C2CCN(CC3CCCCCCC3)CC2)C1. The predicted octanol–water partition coefficient (Wildman–Crippen LogP) is 4.57. The fraction of sp³-hybridized carbons (Fsp3) is 0.720. The molecule has 5 nitrogen and oxygen atoms in total. The van der Waals surface area contributed by atoms with Crippen molar-refractivity contribution in [1.29, 1.82) is 0 Å². The Balaban J connectivity index is 1.30. The van der Waals surface area contributed by atoms with Crippen molar-refractivity contribution in [2.45, 2.75) is 82.4 Å². The summed E-state index contributed by atoms with van der Waals surface area (Å²) in [4.78, 5) is 7.51. The van der Waals surface area contributed by atoms with Crippen molar-refractivity contribution in [3.05, 3.63) is 29.8 Å². The first-order valence-corrected chi connectivity index (χ1v) is 12.5. The van der Waals surface area contributed by atoms with Gasteiger partial charge in [-0.25, -0.2) is 9.37 Å². The van der Waals surface area contributed by atoms with Crippen LogP contribution in [0.15, 0.2) is 18.2 Å². The highest BCUT2D eigenvalue weighted by molar-refractivity contribution is 5.76. The summed E-state index contributed by atoms with van der Waals surface area (Å²) < 4.78 is 16.2. The quantitative estimate of drug-likeness (QED) is 0.749. The third kappa shape index (κ3) is 4.81. The van der Waals surface area contributed by atoms with Gasteiger partial charge in [0.2, 0.25) is 0 Å². The Bertz CT molecular complexity index is 868. The fourth-order valence-electron chi connectivity index (χ4n) is 6.08. The molecule has 0 spiro atoms. The van der Waals surface area contributed by atoms with Gasteiger partial charge >= 0.3 is 0 Å². The zero-order valence-corrected chi connectivity index (χ0v) is 18.6. The third-order valence-corrected chi connectivity index (χ3v) is 7.76. The number of likely N-dealkylation sites (tertiary alicyclic amines) is 1. The first-order chi connectivity index (χ1) is 15.2. The number of piperidine rings is 1. The van der Waals surface area contributed by atoms with Gasteiger partial charge in [-0.1, -0.05) is 32.1 Å². The molecular formula is C25H37FN4O. The van der Waals surface area contributed by atoms with Crippen LogP contribution in [0.2, 0.25) is 0 Å². The van der Waals surface area contributed by atoms with E-state index in [0.29, 0.717) is 19.0 Å². The number of aromatic nitrogens is 2. The molecule has 2 N–H and O–H groups in total. The van der Waals surface area contributed by atoms with Crippen LogP contribution in [0.5, 0.6) is 0 Å². The van der Waals surface area contributed by atoms with E-state index in [4.69, 9.17) is 4.98 Å². The number of halogens is 1. The fourth-order valence-corrected chi connectivity index (χ4v) is 6.08. The number of nitrogens with zero attached hydrogens (tertiary/aromatic N) is 3. The van der Waals surface area contributed by atoms with Gasteiger partial charge in [0.1, 0.15) is 11.6 Å². The molecule has 1 aromatic heterocycles. The van der Waals surface area contributed by atoms with Gasteiger partial charge in [-0.2, -0.15) is 0 Å². The van der Waals surface area contributed by atoms with Gasteiger partial charge in [0.15, 0.2) is 0 Å². The number of rotatable bonds is 4. The maximum atomic E-state index is 13.9. The summed E-state index contributed by atoms with van der Waals surface area (Å²) in [7, 11) is 0. The molecule has 2 aliphatic heterocycles. The van der Waals surface area contributed by atoms with Crippen LogP contribution < -0.4 is 5.32 Å². The molecule has 1 saturated carbocycles. The molecule has 0 amide bonds. The van der Waals surface area contributed by atoms with Crippen molar-refractivity contribution in [3.8, 4) is 0 Å². The molecule has 6 heteroatoms. The Kier molecular flexibility index (Phi) is 6.58. The van der Waals surface area contributed by atoms with E-state index >= 15 is 0 Å². The van der Waals surface area contributed by atoms with Crippen LogP contribution in [-0.4, -0.2) is 51.8 Å². The van der Waals surface area contributed by atoms with Crippen LogP contribution >= 0.6 is 0 Å². The summed E-state index contributed by atoms with van der Waals surface area (Å²) in [6.45, 7) is 4.11. The number of fused-ring (bicyclic) bond motifs is 1. The van der Waals surface area contributed by atoms with E-state index in [1.165, 1.54) is 51.5 Å². The van der Waals surface area contributed by atoms with E-state index in [0.717, 1.165) is 48.7 Å². The van der Waals surface area contributed by atoms with Gasteiger partial charge in [0, 0.05) is 38.3 Å². The predicted molar refractivity (Wildman–Crippen MR) is 122 cm³/mol. The zero-order chi connectivity index (χ0) is 21.2. The van der Waals surface area contributed by atoms with Crippen molar-refractivity contribution < 1.29 is 9.50 Å². The summed E-state index contributed by atoms with van der Waals surface area (Å²) in [6.07, 6.45) is 12.4. The topological polar surface area (TPSA) is 53.3 Å². The maximum absolute atomic E-state index is 13.9. The van der Waals surface area contributed by atoms with Crippen LogP contribution in [0.1, 0.15) is 82.1 Å². The largest absolute Gasteiger partial charge is 0.392 e. The van der Waals surface area contributed by atoms with Gasteiger partial charge in [-0.05, 0) is 50.2 Å². The Hall–Kier alpha value is -1.50. The highest BCUT2D eigenvalue weighted by Crippen LogP contribution is 2.34. The van der Waals surface area contributed by atoms with Gasteiger partial charge in [-0.15, -0.1) is 0 Å². The first-order valence-electron chi connectivity index (χ1n) is 12.5. The Morgan fingerprint density at radius 2 is 1.77 bits per heavy atom. The van der Waals surface area contributed by atoms with Crippen LogP contribution in [0.4, 0.5) is 4.39 Å². The Labute approximate surface area is 185 Å². The van der Waals surface area contributed by atoms with Gasteiger partial charge in [0.25, 0.3) is 0 Å². The van der Waals surface area contributed by atoms with E-state index in [1.54, 1.807) is 12.1 Å². The first kappa shape index (κ1) is 21.4. The average molecular weight is 429 g/mol. The van der Waals surface area contributed by atoms with Crippen molar-refractivity contribution >= 4 is 11.0 Å². The number of hydrogen-bond donors (Lipinski definition) is 2. The Morgan fingerprint density at radius 3 is 2.48 bits per heavy atom. The van der Waals surface area contributed by atoms with Crippen molar-refractivity contribution in [3.63, 3.8) is 0 Å². The molecule has 5 rings (SSSR count). The molecule has 2 atom stereocenters. The number of aliphatic hydroxyl groups excluding tert-OH is 1. The lowest BCUT2D eigenvalue weighted by Gasteiger charge is -2.36. The van der Waals surface area contributed by atoms with E-state index in [-0.39, 0.29) is 18.0 Å². The lowest BCUT2D eigenvalue weighted by Crippen LogP contribution is -2.38. The molecule has 3 fully saturated rings. The summed E-state index contributed by atoms with van der Waals surface area (Å²) in [5, 5.41) is 13.5. The molecule has 3 heterocycles. The van der Waals surface area contributed by atoms with Gasteiger partial charge < -0.3 is 19.9 Å². The second kappa shape index (κ2) is 9.55. The molecule has 0 radical (unpaired) electrons. The van der Waals surface area contributed by atoms with Crippen LogP contribution in [0.25, 0.3) is 11.0 Å². The standard InChI is InChI=1S/C25H37FN4O/c26-19-8-9-24-22(14-19)28-25(23-15-21(31)16-27-23)30(24)20-10-12-29(13-11-20)17-18-6-4-2-1-3-5-7-18/h8-9,14,18,20-21,23,27,31H,1-7,10-13,15-17H2. The van der Waals surface area contributed by atoms with Gasteiger partial charge in [0.05, 0.1) is 23.2 Å². The molecule has 2 saturated heterocycles. The van der Waals surface area contributed by atoms with E-state index < -0.39 is 0 Å². The molecule has 3 aliphatic rings. The molecule has 2 unspecified atom stereocenters. The van der Waals surface area contributed by atoms with Crippen LogP contribution in [0, 0.1) is 11.7 Å². The highest BCUT2D eigenvalue weighted by atomic mass is 19.1. The van der Waals surface area contributed by atoms with Crippen molar-refractivity contribution in [2.24, 2.45) is 5.92 Å². The van der Waals surface area contributed by atoms with Gasteiger partial charge in [-0.3, -0.25) is 0 Å². The average Bonchev–Trinajstić information content (AvgIpc) is 3.33. The van der Waals surface area contributed by atoms with Crippen LogP contribution in [-0.2, 0) is 0 Å². The molecular weight excluding hydrogens is 391 g/mol. The number of nitrogens with one attached hydrogen (secondary N) is 1. The number of hydrogen-bond acceptors (Lipinski definition) is 4. The Morgan fingerprint density at radius 1 is 1.03 bits per heavy atom. The maximum Gasteiger partial charge on any atom is 0.127 e. The van der Waals surface area contributed by atoms with E-state index in [2.05, 4.69) is 14.8 Å². The summed E-state index contributed by atoms with van der Waals surface area (Å²) >= 11 is 0. The van der Waals surface area contributed by atoms with Crippen molar-refractivity contribution in [2.75, 3.05) is 26.2 Å². The number of β-amino-alcohol motifs (C(OH)–C–C–N with tert-alkyl or cyclic N) is 1. The summed E-state index contributed by atoms with van der Waals surface area (Å²) in [5.74, 6) is 1.60. The normalized spacial score (nSPS) is 27.5. The van der Waals surface area contributed by atoms with Crippen LogP contribution in [0.3, 0.4) is 0 Å². The highest BCUT2D eigenvalue weighted by Gasteiger charge is 2.32. The summed E-state index contributed by atoms with van der Waals surface area (Å²) in [5.41, 5.74) is 1.76. The minimum atomic E-state index is -0.333. The molecule has 2 aromatic rings. The minimum absolute atomic E-state index is 0.0402. The van der Waals surface area contributed by atoms with Crippen molar-refractivity contribution in [1.82, 2.24) is 19.8 Å². The van der Waals surface area contributed by atoms with E-state index in [9.17, 15) is 9.50 Å². The summed E-state index contributed by atoms with van der Waals surface area (Å²) in [6, 6.07) is 5.40. The minimum Gasteiger partial charge on any atom is -0.392 e. The number of imidazole rings is 1. The monoisotopic (exact) mass is 428 g/mol. The molecule has 0 bridgehead atoms. The molecule has 1 aromatic carbocycles. The smallest absolute Gasteiger partial charge is 0.127 e. The lowest BCUT2D eigenvalue weighted by molar-refractivity contribution is 0.151. The number of benzene rings is 1. The van der Waals surface area contributed by atoms with E-state index in [1.807, 2.05) is 6.07 Å². The zero-order valence-electron chi connectivity index (χ0n) is 18.6. The third-order valence-electron chi connectivity index (χ3n) is 7.76. The second-order valence-corrected chi connectivity index (χ2v) is 10.1.